The molecule has 0 saturated heterocycles. The quantitative estimate of drug-likeness (QED) is 0.379. The third-order valence-corrected chi connectivity index (χ3v) is 5.69. The molecule has 0 bridgehead atoms. The summed E-state index contributed by atoms with van der Waals surface area (Å²) in [4.78, 5) is 25.1. The monoisotopic (exact) mass is 490 g/mol. The fourth-order valence-electron chi connectivity index (χ4n) is 2.93. The minimum absolute atomic E-state index is 0.191. The number of carbonyl (C=O) groups is 2. The number of hydrogen-bond acceptors (Lipinski definition) is 4. The fraction of sp³-hybridized carbons (Fsp3) is 0.0455. The first-order valence-corrected chi connectivity index (χ1v) is 10.7. The van der Waals surface area contributed by atoms with Gasteiger partial charge in [-0.25, -0.2) is 4.68 Å². The molecule has 0 aliphatic carbocycles. The molecule has 0 aliphatic heterocycles. The van der Waals surface area contributed by atoms with E-state index in [1.807, 2.05) is 0 Å². The average molecular weight is 491 g/mol. The number of benzene rings is 2. The summed E-state index contributed by atoms with van der Waals surface area (Å²) in [7, 11) is 0. The highest BCUT2D eigenvalue weighted by atomic mass is 35.5. The number of thiophene rings is 1. The maximum Gasteiger partial charge on any atom is 0.435 e. The Morgan fingerprint density at radius 3 is 2.00 bits per heavy atom. The normalized spacial score (nSPS) is 11.3. The van der Waals surface area contributed by atoms with E-state index >= 15 is 0 Å². The first-order valence-electron chi connectivity index (χ1n) is 9.40. The predicted molar refractivity (Wildman–Crippen MR) is 118 cm³/mol. The van der Waals surface area contributed by atoms with Crippen LogP contribution in [0.2, 0.25) is 5.02 Å². The van der Waals surface area contributed by atoms with E-state index in [1.165, 1.54) is 52.4 Å². The Labute approximate surface area is 194 Å². The lowest BCUT2D eigenvalue weighted by atomic mass is 10.2. The Morgan fingerprint density at radius 1 is 0.909 bits per heavy atom. The lowest BCUT2D eigenvalue weighted by molar-refractivity contribution is -0.141. The van der Waals surface area contributed by atoms with Gasteiger partial charge in [0.05, 0.1) is 16.3 Å². The van der Waals surface area contributed by atoms with E-state index in [0.717, 1.165) is 6.07 Å². The van der Waals surface area contributed by atoms with Crippen LogP contribution in [-0.4, -0.2) is 21.6 Å². The number of aromatic nitrogens is 2. The van der Waals surface area contributed by atoms with E-state index in [9.17, 15) is 22.8 Å². The molecule has 2 heterocycles. The van der Waals surface area contributed by atoms with Crippen LogP contribution in [0.3, 0.4) is 0 Å². The molecule has 0 fully saturated rings. The molecule has 0 spiro atoms. The van der Waals surface area contributed by atoms with E-state index in [-0.39, 0.29) is 11.3 Å². The molecular formula is C22H14ClF3N4O2S. The molecule has 33 heavy (non-hydrogen) atoms. The highest BCUT2D eigenvalue weighted by Crippen LogP contribution is 2.34. The van der Waals surface area contributed by atoms with Crippen molar-refractivity contribution < 1.29 is 22.8 Å². The number of hydrogen-bond donors (Lipinski definition) is 2. The van der Waals surface area contributed by atoms with Gasteiger partial charge in [-0.1, -0.05) is 17.7 Å². The zero-order valence-corrected chi connectivity index (χ0v) is 18.1. The maximum atomic E-state index is 13.2. The van der Waals surface area contributed by atoms with Crippen LogP contribution in [0.25, 0.3) is 16.3 Å². The van der Waals surface area contributed by atoms with Gasteiger partial charge < -0.3 is 0 Å². The number of alkyl halides is 3. The van der Waals surface area contributed by atoms with Gasteiger partial charge in [0.1, 0.15) is 0 Å². The Balaban J connectivity index is 1.51. The van der Waals surface area contributed by atoms with Crippen molar-refractivity contribution >= 4 is 34.8 Å². The summed E-state index contributed by atoms with van der Waals surface area (Å²) in [6.07, 6.45) is -4.60. The van der Waals surface area contributed by atoms with E-state index in [4.69, 9.17) is 11.6 Å². The third kappa shape index (κ3) is 5.07. The molecule has 0 radical (unpaired) electrons. The molecule has 168 valence electrons. The van der Waals surface area contributed by atoms with Gasteiger partial charge in [0.15, 0.2) is 5.69 Å². The fourth-order valence-corrected chi connectivity index (χ4v) is 3.78. The molecule has 2 amide bonds. The topological polar surface area (TPSA) is 76.0 Å². The minimum Gasteiger partial charge on any atom is -0.267 e. The number of amides is 2. The smallest absolute Gasteiger partial charge is 0.267 e. The maximum absolute atomic E-state index is 13.2. The largest absolute Gasteiger partial charge is 0.435 e. The predicted octanol–water partition coefficient (Wildman–Crippen LogP) is 5.35. The number of rotatable bonds is 4. The van der Waals surface area contributed by atoms with E-state index in [1.54, 1.807) is 29.6 Å². The zero-order chi connectivity index (χ0) is 23.6. The van der Waals surface area contributed by atoms with Crippen molar-refractivity contribution in [1.82, 2.24) is 20.6 Å². The Hall–Kier alpha value is -3.63. The van der Waals surface area contributed by atoms with Crippen LogP contribution in [0.1, 0.15) is 26.4 Å². The molecule has 4 aromatic rings. The first-order chi connectivity index (χ1) is 15.7. The van der Waals surface area contributed by atoms with Gasteiger partial charge >= 0.3 is 6.18 Å². The van der Waals surface area contributed by atoms with Crippen molar-refractivity contribution in [3.8, 4) is 16.3 Å². The minimum atomic E-state index is -4.60. The Kier molecular flexibility index (Phi) is 6.21. The van der Waals surface area contributed by atoms with Crippen molar-refractivity contribution in [3.05, 3.63) is 94.0 Å². The van der Waals surface area contributed by atoms with Gasteiger partial charge in [0.2, 0.25) is 0 Å². The lowest BCUT2D eigenvalue weighted by Crippen LogP contribution is -2.41. The number of nitrogens with zero attached hydrogens (tertiary/aromatic N) is 2. The summed E-state index contributed by atoms with van der Waals surface area (Å²) in [5.41, 5.74) is 4.68. The van der Waals surface area contributed by atoms with Crippen LogP contribution < -0.4 is 10.9 Å². The highest BCUT2D eigenvalue weighted by Gasteiger charge is 2.35. The summed E-state index contributed by atoms with van der Waals surface area (Å²) < 4.78 is 40.9. The second-order valence-corrected chi connectivity index (χ2v) is 8.15. The van der Waals surface area contributed by atoms with Gasteiger partial charge in [-0.3, -0.25) is 20.4 Å². The molecule has 0 unspecified atom stereocenters. The van der Waals surface area contributed by atoms with E-state index < -0.39 is 23.7 Å². The van der Waals surface area contributed by atoms with Crippen molar-refractivity contribution in [3.63, 3.8) is 0 Å². The van der Waals surface area contributed by atoms with Gasteiger partial charge in [-0.2, -0.15) is 18.3 Å². The van der Waals surface area contributed by atoms with Gasteiger partial charge in [-0.15, -0.1) is 11.3 Å². The molecule has 11 heteroatoms. The lowest BCUT2D eigenvalue weighted by Gasteiger charge is -2.09. The number of hydrazine groups is 1. The Morgan fingerprint density at radius 2 is 1.48 bits per heavy atom. The van der Waals surface area contributed by atoms with Crippen LogP contribution in [0, 0.1) is 0 Å². The van der Waals surface area contributed by atoms with E-state index in [0.29, 0.717) is 21.2 Å². The molecule has 2 N–H and O–H groups in total. The van der Waals surface area contributed by atoms with Crippen molar-refractivity contribution in [2.24, 2.45) is 0 Å². The van der Waals surface area contributed by atoms with Crippen LogP contribution in [-0.2, 0) is 6.18 Å². The number of halogens is 4. The highest BCUT2D eigenvalue weighted by molar-refractivity contribution is 7.13. The molecular weight excluding hydrogens is 477 g/mol. The van der Waals surface area contributed by atoms with Crippen LogP contribution in [0.15, 0.2) is 72.1 Å². The summed E-state index contributed by atoms with van der Waals surface area (Å²) in [5.74, 6) is -1.13. The zero-order valence-electron chi connectivity index (χ0n) is 16.6. The second kappa shape index (κ2) is 9.08. The van der Waals surface area contributed by atoms with Crippen molar-refractivity contribution in [2.75, 3.05) is 0 Å². The second-order valence-electron chi connectivity index (χ2n) is 6.76. The molecule has 2 aromatic carbocycles. The van der Waals surface area contributed by atoms with Crippen LogP contribution in [0.5, 0.6) is 0 Å². The number of nitrogens with one attached hydrogen (secondary N) is 2. The van der Waals surface area contributed by atoms with Crippen molar-refractivity contribution in [2.45, 2.75) is 6.18 Å². The van der Waals surface area contributed by atoms with Crippen molar-refractivity contribution in [1.29, 1.82) is 0 Å². The number of carbonyl (C=O) groups excluding carboxylic acids is 2. The molecule has 4 rings (SSSR count). The van der Waals surface area contributed by atoms with Gasteiger partial charge in [0.25, 0.3) is 11.8 Å². The first kappa shape index (κ1) is 22.6. The summed E-state index contributed by atoms with van der Waals surface area (Å²) in [5, 5.41) is 5.94. The SMILES string of the molecule is O=C(NNC(=O)c1ccc(-n2nc(C(F)(F)F)cc2-c2cccs2)cc1)c1ccc(Cl)cc1. The van der Waals surface area contributed by atoms with Crippen LogP contribution in [0.4, 0.5) is 13.2 Å². The molecule has 2 aromatic heterocycles. The molecule has 0 atom stereocenters. The van der Waals surface area contributed by atoms with E-state index in [2.05, 4.69) is 16.0 Å². The Bertz CT molecular complexity index is 1280. The summed E-state index contributed by atoms with van der Waals surface area (Å²) in [6, 6.07) is 16.3. The summed E-state index contributed by atoms with van der Waals surface area (Å²) >= 11 is 7.07. The van der Waals surface area contributed by atoms with Crippen LogP contribution >= 0.6 is 22.9 Å². The summed E-state index contributed by atoms with van der Waals surface area (Å²) in [6.45, 7) is 0. The average Bonchev–Trinajstić information content (AvgIpc) is 3.47. The van der Waals surface area contributed by atoms with Gasteiger partial charge in [-0.05, 0) is 66.0 Å². The third-order valence-electron chi connectivity index (χ3n) is 4.54. The van der Waals surface area contributed by atoms with Gasteiger partial charge in [0, 0.05) is 16.1 Å². The molecule has 6 nitrogen and oxygen atoms in total. The standard InChI is InChI=1S/C22H14ClF3N4O2S/c23-15-7-3-13(4-8-15)20(31)27-28-21(32)14-5-9-16(10-6-14)30-17(18-2-1-11-33-18)12-19(29-30)22(24,25)26/h1-12H,(H,27,31)(H,28,32). The molecule has 0 saturated carbocycles. The molecule has 0 aliphatic rings.